The maximum Gasteiger partial charge on any atom is 0.165 e. The molecule has 0 N–H and O–H groups in total. The third kappa shape index (κ3) is 5.16. The first-order valence-corrected chi connectivity index (χ1v) is 19.6. The second kappa shape index (κ2) is 12.9. The van der Waals surface area contributed by atoms with Gasteiger partial charge < -0.3 is 0 Å². The Balaban J connectivity index is 0.966. The van der Waals surface area contributed by atoms with Crippen LogP contribution in [0.2, 0.25) is 0 Å². The highest BCUT2D eigenvalue weighted by atomic mass is 15.0. The highest BCUT2D eigenvalue weighted by Gasteiger charge is 2.17. The van der Waals surface area contributed by atoms with Crippen molar-refractivity contribution in [1.82, 2.24) is 19.9 Å². The number of benzene rings is 9. The first kappa shape index (κ1) is 32.4. The Morgan fingerprint density at radius 3 is 1.22 bits per heavy atom. The molecule has 0 unspecified atom stereocenters. The Bertz CT molecular complexity index is 3460. The average molecular weight is 737 g/mol. The van der Waals surface area contributed by atoms with Crippen LogP contribution in [-0.2, 0) is 0 Å². The maximum atomic E-state index is 4.91. The lowest BCUT2D eigenvalue weighted by atomic mass is 9.86. The van der Waals surface area contributed by atoms with Gasteiger partial charge in [-0.2, -0.15) is 0 Å². The van der Waals surface area contributed by atoms with Gasteiger partial charge in [0.2, 0.25) is 0 Å². The van der Waals surface area contributed by atoms with Crippen LogP contribution in [-0.4, -0.2) is 19.9 Å². The van der Waals surface area contributed by atoms with Crippen molar-refractivity contribution in [2.24, 2.45) is 0 Å². The summed E-state index contributed by atoms with van der Waals surface area (Å²) in [5.41, 5.74) is 7.36. The summed E-state index contributed by atoms with van der Waals surface area (Å²) in [6, 6.07) is 65.5. The van der Waals surface area contributed by atoms with Crippen LogP contribution < -0.4 is 0 Å². The molecule has 268 valence electrons. The number of aromatic nitrogens is 4. The van der Waals surface area contributed by atoms with Gasteiger partial charge in [-0.25, -0.2) is 15.0 Å². The summed E-state index contributed by atoms with van der Waals surface area (Å²) in [5, 5.41) is 15.5. The molecular weight excluding hydrogens is 705 g/mol. The lowest BCUT2D eigenvalue weighted by molar-refractivity contribution is 1.07. The Labute approximate surface area is 334 Å². The molecule has 0 saturated carbocycles. The minimum absolute atomic E-state index is 0.595. The monoisotopic (exact) mass is 736 g/mol. The SMILES string of the molecule is c1ccc(-c2nc(-c3ccc(-c4ccc(-c5cc6ccc7cccc8c9cccc%10ccc%11cccc(c(c5)c6c78)c%11c%109)cc4)cc3)nc(-c3cccnc3)n2)cc1. The summed E-state index contributed by atoms with van der Waals surface area (Å²) in [6.07, 6.45) is 3.54. The van der Waals surface area contributed by atoms with E-state index in [0.29, 0.717) is 17.5 Å². The van der Waals surface area contributed by atoms with Crippen LogP contribution in [0.25, 0.3) is 121 Å². The molecule has 4 heteroatoms. The molecule has 0 amide bonds. The molecule has 0 fully saturated rings. The third-order valence-electron chi connectivity index (χ3n) is 11.7. The Morgan fingerprint density at radius 1 is 0.259 bits per heavy atom. The molecule has 0 aliphatic heterocycles. The maximum absolute atomic E-state index is 4.91. The number of pyridine rings is 1. The third-order valence-corrected chi connectivity index (χ3v) is 11.7. The number of nitrogens with zero attached hydrogens (tertiary/aromatic N) is 4. The summed E-state index contributed by atoms with van der Waals surface area (Å²) in [5.74, 6) is 1.85. The first-order valence-electron chi connectivity index (χ1n) is 19.6. The van der Waals surface area contributed by atoms with Crippen molar-refractivity contribution < 1.29 is 0 Å². The van der Waals surface area contributed by atoms with Crippen molar-refractivity contribution in [1.29, 1.82) is 0 Å². The molecule has 0 saturated heterocycles. The van der Waals surface area contributed by atoms with Crippen LogP contribution in [0.4, 0.5) is 0 Å². The quantitative estimate of drug-likeness (QED) is 0.165. The van der Waals surface area contributed by atoms with E-state index >= 15 is 0 Å². The van der Waals surface area contributed by atoms with Crippen LogP contribution in [0.15, 0.2) is 194 Å². The minimum atomic E-state index is 0.595. The molecule has 0 aliphatic carbocycles. The molecule has 0 atom stereocenters. The largest absolute Gasteiger partial charge is 0.264 e. The van der Waals surface area contributed by atoms with Gasteiger partial charge in [0.25, 0.3) is 0 Å². The van der Waals surface area contributed by atoms with E-state index < -0.39 is 0 Å². The van der Waals surface area contributed by atoms with Gasteiger partial charge in [0.1, 0.15) is 0 Å². The van der Waals surface area contributed by atoms with Gasteiger partial charge in [-0.3, -0.25) is 4.98 Å². The fourth-order valence-corrected chi connectivity index (χ4v) is 8.96. The van der Waals surface area contributed by atoms with Crippen molar-refractivity contribution in [2.75, 3.05) is 0 Å². The van der Waals surface area contributed by atoms with Crippen molar-refractivity contribution >= 4 is 64.6 Å². The summed E-state index contributed by atoms with van der Waals surface area (Å²) in [6.45, 7) is 0. The summed E-state index contributed by atoms with van der Waals surface area (Å²) < 4.78 is 0. The number of fused-ring (bicyclic) bond motifs is 2. The van der Waals surface area contributed by atoms with E-state index in [4.69, 9.17) is 15.0 Å². The van der Waals surface area contributed by atoms with Gasteiger partial charge in [0.15, 0.2) is 17.5 Å². The fourth-order valence-electron chi connectivity index (χ4n) is 8.96. The highest BCUT2D eigenvalue weighted by molar-refractivity contribution is 6.37. The van der Waals surface area contributed by atoms with Crippen molar-refractivity contribution in [3.63, 3.8) is 0 Å². The minimum Gasteiger partial charge on any atom is -0.264 e. The van der Waals surface area contributed by atoms with E-state index in [1.807, 2.05) is 42.5 Å². The van der Waals surface area contributed by atoms with Crippen LogP contribution in [0.3, 0.4) is 0 Å². The van der Waals surface area contributed by atoms with Gasteiger partial charge >= 0.3 is 0 Å². The molecule has 58 heavy (non-hydrogen) atoms. The average Bonchev–Trinajstić information content (AvgIpc) is 3.30. The van der Waals surface area contributed by atoms with Gasteiger partial charge in [-0.05, 0) is 111 Å². The number of rotatable bonds is 5. The van der Waals surface area contributed by atoms with Gasteiger partial charge in [-0.1, -0.05) is 158 Å². The smallest absolute Gasteiger partial charge is 0.165 e. The van der Waals surface area contributed by atoms with Gasteiger partial charge in [-0.15, -0.1) is 0 Å². The zero-order valence-corrected chi connectivity index (χ0v) is 31.3. The molecule has 2 heterocycles. The molecule has 0 spiro atoms. The molecule has 2 aromatic heterocycles. The predicted molar refractivity (Wildman–Crippen MR) is 241 cm³/mol. The zero-order valence-electron chi connectivity index (χ0n) is 31.3. The van der Waals surface area contributed by atoms with Crippen LogP contribution in [0.5, 0.6) is 0 Å². The molecule has 0 aliphatic rings. The molecule has 0 radical (unpaired) electrons. The fraction of sp³-hybridized carbons (Fsp3) is 0. The highest BCUT2D eigenvalue weighted by Crippen LogP contribution is 2.44. The van der Waals surface area contributed by atoms with E-state index in [0.717, 1.165) is 27.8 Å². The number of hydrogen-bond acceptors (Lipinski definition) is 4. The van der Waals surface area contributed by atoms with Gasteiger partial charge in [0, 0.05) is 29.1 Å². The lowest BCUT2D eigenvalue weighted by Crippen LogP contribution is -2.00. The summed E-state index contributed by atoms with van der Waals surface area (Å²) >= 11 is 0. The van der Waals surface area contributed by atoms with E-state index in [1.54, 1.807) is 12.4 Å². The summed E-state index contributed by atoms with van der Waals surface area (Å²) in [7, 11) is 0. The second-order valence-corrected chi connectivity index (χ2v) is 15.0. The standard InChI is InChI=1S/C54H32N4/c1-2-8-39(9-3-1)52-56-53(58-54(57-52)42-13-7-29-55-32-42)40-26-21-34(22-27-40)33-17-19-35(20-18-33)43-30-41-28-25-38-11-5-15-45-44-14-4-10-36-23-24-37-12-6-16-46(50(37)48(36)44)47(31-43)51(41)49(38)45/h1-32H. The first-order chi connectivity index (χ1) is 28.7. The van der Waals surface area contributed by atoms with Crippen LogP contribution in [0, 0.1) is 0 Å². The topological polar surface area (TPSA) is 51.6 Å². The molecule has 4 nitrogen and oxygen atoms in total. The Kier molecular flexibility index (Phi) is 7.20. The zero-order chi connectivity index (χ0) is 38.2. The van der Waals surface area contributed by atoms with E-state index in [1.165, 1.54) is 75.8 Å². The molecule has 10 aromatic carbocycles. The Hall–Kier alpha value is -7.82. The van der Waals surface area contributed by atoms with Crippen molar-refractivity contribution in [3.8, 4) is 56.4 Å². The lowest BCUT2D eigenvalue weighted by Gasteiger charge is -2.17. The molecule has 0 bridgehead atoms. The van der Waals surface area contributed by atoms with Crippen molar-refractivity contribution in [3.05, 3.63) is 194 Å². The van der Waals surface area contributed by atoms with E-state index in [9.17, 15) is 0 Å². The van der Waals surface area contributed by atoms with E-state index in [-0.39, 0.29) is 0 Å². The summed E-state index contributed by atoms with van der Waals surface area (Å²) in [4.78, 5) is 18.9. The van der Waals surface area contributed by atoms with Crippen LogP contribution >= 0.6 is 0 Å². The van der Waals surface area contributed by atoms with Crippen molar-refractivity contribution in [2.45, 2.75) is 0 Å². The normalized spacial score (nSPS) is 11.8. The van der Waals surface area contributed by atoms with Gasteiger partial charge in [0.05, 0.1) is 0 Å². The molecule has 12 rings (SSSR count). The second-order valence-electron chi connectivity index (χ2n) is 15.0. The number of hydrogen-bond donors (Lipinski definition) is 0. The Morgan fingerprint density at radius 2 is 0.690 bits per heavy atom. The predicted octanol–water partition coefficient (Wildman–Crippen LogP) is 14.0. The van der Waals surface area contributed by atoms with E-state index in [2.05, 4.69) is 145 Å². The molecule has 12 aromatic rings. The van der Waals surface area contributed by atoms with Crippen LogP contribution in [0.1, 0.15) is 0 Å². The molecular formula is C54H32N4.